The Hall–Kier alpha value is -0.230. The van der Waals surface area contributed by atoms with Crippen molar-refractivity contribution in [2.75, 3.05) is 26.3 Å². The fourth-order valence-corrected chi connectivity index (χ4v) is 3.32. The first-order valence-electron chi connectivity index (χ1n) is 5.81. The normalized spacial score (nSPS) is 21.6. The van der Waals surface area contributed by atoms with Crippen LogP contribution in [0.15, 0.2) is 15.9 Å². The fourth-order valence-electron chi connectivity index (χ4n) is 2.00. The van der Waals surface area contributed by atoms with Gasteiger partial charge in [-0.25, -0.2) is 0 Å². The second-order valence-electron chi connectivity index (χ2n) is 4.13. The summed E-state index contributed by atoms with van der Waals surface area (Å²) in [5, 5.41) is 0. The average Bonchev–Trinajstić information content (AvgIpc) is 2.77. The molecule has 1 aromatic rings. The van der Waals surface area contributed by atoms with Gasteiger partial charge in [0.2, 0.25) is 0 Å². The van der Waals surface area contributed by atoms with Gasteiger partial charge in [-0.15, -0.1) is 11.3 Å². The molecule has 1 atom stereocenters. The van der Waals surface area contributed by atoms with Gasteiger partial charge in [0.1, 0.15) is 0 Å². The molecule has 3 nitrogen and oxygen atoms in total. The number of halogens is 1. The number of ketones is 1. The number of carbonyl (C=O) groups excluding carboxylic acids is 1. The Labute approximate surface area is 114 Å². The van der Waals surface area contributed by atoms with E-state index in [0.29, 0.717) is 12.6 Å². The van der Waals surface area contributed by atoms with E-state index in [0.717, 1.165) is 34.8 Å². The highest BCUT2D eigenvalue weighted by atomic mass is 79.9. The van der Waals surface area contributed by atoms with Crippen molar-refractivity contribution in [3.63, 3.8) is 0 Å². The molecule has 0 aliphatic carbocycles. The quantitative estimate of drug-likeness (QED) is 0.800. The lowest BCUT2D eigenvalue weighted by Crippen LogP contribution is -2.47. The summed E-state index contributed by atoms with van der Waals surface area (Å²) < 4.78 is 6.45. The van der Waals surface area contributed by atoms with Crippen molar-refractivity contribution in [2.45, 2.75) is 19.4 Å². The number of thiophene rings is 1. The van der Waals surface area contributed by atoms with Gasteiger partial charge in [-0.3, -0.25) is 9.69 Å². The molecule has 1 saturated heterocycles. The third-order valence-corrected chi connectivity index (χ3v) is 4.68. The zero-order chi connectivity index (χ0) is 12.3. The lowest BCUT2D eigenvalue weighted by molar-refractivity contribution is -0.00579. The average molecular weight is 318 g/mol. The van der Waals surface area contributed by atoms with Crippen LogP contribution in [0, 0.1) is 0 Å². The highest BCUT2D eigenvalue weighted by molar-refractivity contribution is 9.11. The highest BCUT2D eigenvalue weighted by Crippen LogP contribution is 2.23. The first-order chi connectivity index (χ1) is 8.20. The molecule has 2 heterocycles. The van der Waals surface area contributed by atoms with Crippen LogP contribution in [0.5, 0.6) is 0 Å². The van der Waals surface area contributed by atoms with E-state index < -0.39 is 0 Å². The molecule has 0 aromatic carbocycles. The van der Waals surface area contributed by atoms with Gasteiger partial charge in [0.25, 0.3) is 0 Å². The number of rotatable bonds is 4. The third kappa shape index (κ3) is 3.37. The number of morpholine rings is 1. The summed E-state index contributed by atoms with van der Waals surface area (Å²) in [5.41, 5.74) is 0. The molecule has 0 amide bonds. The summed E-state index contributed by atoms with van der Waals surface area (Å²) in [4.78, 5) is 15.2. The Morgan fingerprint density at radius 2 is 2.47 bits per heavy atom. The first-order valence-corrected chi connectivity index (χ1v) is 7.42. The topological polar surface area (TPSA) is 29.5 Å². The van der Waals surface area contributed by atoms with Gasteiger partial charge in [-0.1, -0.05) is 6.92 Å². The van der Waals surface area contributed by atoms with Crippen LogP contribution in [0.1, 0.15) is 23.0 Å². The first kappa shape index (κ1) is 13.2. The monoisotopic (exact) mass is 317 g/mol. The predicted molar refractivity (Wildman–Crippen MR) is 72.8 cm³/mol. The van der Waals surface area contributed by atoms with Crippen LogP contribution in [0.4, 0.5) is 0 Å². The number of ether oxygens (including phenoxy) is 1. The Morgan fingerprint density at radius 1 is 1.65 bits per heavy atom. The standard InChI is InChI=1S/C12H16BrNO2S/c1-2-9-8-16-6-5-14(9)7-10(15)11-3-4-12(13)17-11/h3-4,9H,2,5-8H2,1H3. The molecular formula is C12H16BrNO2S. The minimum absolute atomic E-state index is 0.209. The van der Waals surface area contributed by atoms with Crippen LogP contribution in [0.25, 0.3) is 0 Å². The molecule has 1 aromatic heterocycles. The van der Waals surface area contributed by atoms with E-state index in [-0.39, 0.29) is 5.78 Å². The smallest absolute Gasteiger partial charge is 0.186 e. The lowest BCUT2D eigenvalue weighted by atomic mass is 10.1. The van der Waals surface area contributed by atoms with Crippen molar-refractivity contribution < 1.29 is 9.53 Å². The zero-order valence-corrected chi connectivity index (χ0v) is 12.2. The summed E-state index contributed by atoms with van der Waals surface area (Å²) in [7, 11) is 0. The molecule has 0 bridgehead atoms. The summed E-state index contributed by atoms with van der Waals surface area (Å²) >= 11 is 4.89. The van der Waals surface area contributed by atoms with Crippen molar-refractivity contribution in [1.29, 1.82) is 0 Å². The lowest BCUT2D eigenvalue weighted by Gasteiger charge is -2.34. The molecule has 1 fully saturated rings. The second-order valence-corrected chi connectivity index (χ2v) is 6.60. The van der Waals surface area contributed by atoms with Crippen LogP contribution in [-0.2, 0) is 4.74 Å². The summed E-state index contributed by atoms with van der Waals surface area (Å²) in [5.74, 6) is 0.209. The van der Waals surface area contributed by atoms with E-state index in [9.17, 15) is 4.79 Å². The number of hydrogen-bond donors (Lipinski definition) is 0. The van der Waals surface area contributed by atoms with Crippen molar-refractivity contribution in [1.82, 2.24) is 4.90 Å². The molecule has 2 rings (SSSR count). The molecular weight excluding hydrogens is 302 g/mol. The number of hydrogen-bond acceptors (Lipinski definition) is 4. The second kappa shape index (κ2) is 6.09. The Morgan fingerprint density at radius 3 is 3.12 bits per heavy atom. The molecule has 0 N–H and O–H groups in total. The van der Waals surface area contributed by atoms with Crippen LogP contribution in [-0.4, -0.2) is 43.0 Å². The number of carbonyl (C=O) groups is 1. The maximum Gasteiger partial charge on any atom is 0.186 e. The van der Waals surface area contributed by atoms with Gasteiger partial charge >= 0.3 is 0 Å². The maximum absolute atomic E-state index is 12.1. The minimum atomic E-state index is 0.209. The molecule has 1 aliphatic heterocycles. The van der Waals surface area contributed by atoms with E-state index in [4.69, 9.17) is 4.74 Å². The van der Waals surface area contributed by atoms with E-state index in [1.54, 1.807) is 0 Å². The van der Waals surface area contributed by atoms with E-state index in [2.05, 4.69) is 27.8 Å². The Balaban J connectivity index is 1.97. The molecule has 17 heavy (non-hydrogen) atoms. The summed E-state index contributed by atoms with van der Waals surface area (Å²) in [6.07, 6.45) is 1.03. The molecule has 5 heteroatoms. The van der Waals surface area contributed by atoms with Gasteiger partial charge in [-0.05, 0) is 34.5 Å². The number of Topliss-reactive ketones (excluding diaryl/α,β-unsaturated/α-hetero) is 1. The van der Waals surface area contributed by atoms with Crippen LogP contribution >= 0.6 is 27.3 Å². The van der Waals surface area contributed by atoms with Gasteiger partial charge in [0, 0.05) is 12.6 Å². The van der Waals surface area contributed by atoms with Crippen molar-refractivity contribution >= 4 is 33.0 Å². The molecule has 94 valence electrons. The highest BCUT2D eigenvalue weighted by Gasteiger charge is 2.24. The molecule has 0 saturated carbocycles. The Kier molecular flexibility index (Phi) is 4.73. The minimum Gasteiger partial charge on any atom is -0.378 e. The predicted octanol–water partition coefficient (Wildman–Crippen LogP) is 2.80. The van der Waals surface area contributed by atoms with Crippen LogP contribution in [0.3, 0.4) is 0 Å². The van der Waals surface area contributed by atoms with E-state index >= 15 is 0 Å². The van der Waals surface area contributed by atoms with E-state index in [1.807, 2.05) is 12.1 Å². The summed E-state index contributed by atoms with van der Waals surface area (Å²) in [6.45, 7) is 4.99. The van der Waals surface area contributed by atoms with Gasteiger partial charge in [0.05, 0.1) is 28.4 Å². The maximum atomic E-state index is 12.1. The third-order valence-electron chi connectivity index (χ3n) is 3.02. The van der Waals surface area contributed by atoms with E-state index in [1.165, 1.54) is 11.3 Å². The Bertz CT molecular complexity index is 394. The zero-order valence-electron chi connectivity index (χ0n) is 9.82. The van der Waals surface area contributed by atoms with Gasteiger partial charge in [0.15, 0.2) is 5.78 Å². The molecule has 0 spiro atoms. The van der Waals surface area contributed by atoms with Crippen LogP contribution < -0.4 is 0 Å². The molecule has 0 radical (unpaired) electrons. The molecule has 1 aliphatic rings. The fraction of sp³-hybridized carbons (Fsp3) is 0.583. The largest absolute Gasteiger partial charge is 0.378 e. The van der Waals surface area contributed by atoms with Crippen molar-refractivity contribution in [3.8, 4) is 0 Å². The molecule has 1 unspecified atom stereocenters. The SMILES string of the molecule is CCC1COCCN1CC(=O)c1ccc(Br)s1. The number of nitrogens with zero attached hydrogens (tertiary/aromatic N) is 1. The van der Waals surface area contributed by atoms with Gasteiger partial charge < -0.3 is 4.74 Å². The van der Waals surface area contributed by atoms with Crippen molar-refractivity contribution in [2.24, 2.45) is 0 Å². The van der Waals surface area contributed by atoms with Crippen LogP contribution in [0.2, 0.25) is 0 Å². The van der Waals surface area contributed by atoms with Crippen molar-refractivity contribution in [3.05, 3.63) is 20.8 Å². The summed E-state index contributed by atoms with van der Waals surface area (Å²) in [6, 6.07) is 4.20. The van der Waals surface area contributed by atoms with Gasteiger partial charge in [-0.2, -0.15) is 0 Å².